The minimum Gasteiger partial charge on any atom is -0.335 e. The lowest BCUT2D eigenvalue weighted by Crippen LogP contribution is -2.52. The molecule has 0 aliphatic carbocycles. The Hall–Kier alpha value is -2.62. The molecule has 2 atom stereocenters. The zero-order valence-corrected chi connectivity index (χ0v) is 20.3. The fourth-order valence-electron chi connectivity index (χ4n) is 4.92. The number of hydrogen-bond donors (Lipinski definition) is 1. The van der Waals surface area contributed by atoms with E-state index in [0.29, 0.717) is 6.04 Å². The summed E-state index contributed by atoms with van der Waals surface area (Å²) in [6, 6.07) is 25.4. The Balaban J connectivity index is 1.44. The van der Waals surface area contributed by atoms with Gasteiger partial charge in [0.25, 0.3) is 5.91 Å². The Morgan fingerprint density at radius 3 is 2.36 bits per heavy atom. The Bertz CT molecular complexity index is 1040. The minimum atomic E-state index is 0.155. The van der Waals surface area contributed by atoms with E-state index in [1.54, 1.807) is 0 Å². The molecule has 0 radical (unpaired) electrons. The standard InChI is InChI=1S/C29H33ClN2O/c1-21-16-22(2)18-25(17-21)29(33)32-15-13-27(20-28(32)19-24-6-4-3-5-7-24)31-14-12-23-8-10-26(30)11-9-23/h3-11,16-18,27-28,31H,12-15,19-20H2,1-2H3/t27-,28+/m0/s1. The summed E-state index contributed by atoms with van der Waals surface area (Å²) in [5.41, 5.74) is 5.64. The Morgan fingerprint density at radius 2 is 1.67 bits per heavy atom. The second kappa shape index (κ2) is 11.0. The quantitative estimate of drug-likeness (QED) is 0.468. The molecule has 1 amide bonds. The van der Waals surface area contributed by atoms with Crippen molar-refractivity contribution in [1.29, 1.82) is 0 Å². The lowest BCUT2D eigenvalue weighted by Gasteiger charge is -2.40. The summed E-state index contributed by atoms with van der Waals surface area (Å²) < 4.78 is 0. The van der Waals surface area contributed by atoms with E-state index in [9.17, 15) is 4.79 Å². The molecule has 0 aromatic heterocycles. The van der Waals surface area contributed by atoms with Crippen LogP contribution in [0, 0.1) is 13.8 Å². The zero-order valence-electron chi connectivity index (χ0n) is 19.6. The van der Waals surface area contributed by atoms with Crippen LogP contribution in [-0.4, -0.2) is 36.0 Å². The van der Waals surface area contributed by atoms with Crippen LogP contribution in [0.15, 0.2) is 72.8 Å². The van der Waals surface area contributed by atoms with E-state index in [4.69, 9.17) is 11.6 Å². The van der Waals surface area contributed by atoms with Gasteiger partial charge in [-0.15, -0.1) is 0 Å². The number of halogens is 1. The predicted molar refractivity (Wildman–Crippen MR) is 137 cm³/mol. The van der Waals surface area contributed by atoms with E-state index in [1.807, 2.05) is 30.3 Å². The van der Waals surface area contributed by atoms with Gasteiger partial charge in [-0.1, -0.05) is 71.3 Å². The number of aryl methyl sites for hydroxylation is 2. The smallest absolute Gasteiger partial charge is 0.254 e. The first kappa shape index (κ1) is 23.5. The third-order valence-corrected chi connectivity index (χ3v) is 6.77. The van der Waals surface area contributed by atoms with Gasteiger partial charge >= 0.3 is 0 Å². The molecule has 172 valence electrons. The van der Waals surface area contributed by atoms with Crippen LogP contribution in [0.25, 0.3) is 0 Å². The zero-order chi connectivity index (χ0) is 23.2. The molecule has 33 heavy (non-hydrogen) atoms. The van der Waals surface area contributed by atoms with Crippen molar-refractivity contribution < 1.29 is 4.79 Å². The van der Waals surface area contributed by atoms with Gasteiger partial charge in [0.15, 0.2) is 0 Å². The van der Waals surface area contributed by atoms with Crippen molar-refractivity contribution in [1.82, 2.24) is 10.2 Å². The van der Waals surface area contributed by atoms with Crippen molar-refractivity contribution in [3.8, 4) is 0 Å². The summed E-state index contributed by atoms with van der Waals surface area (Å²) in [6.45, 7) is 5.82. The van der Waals surface area contributed by atoms with Crippen LogP contribution < -0.4 is 5.32 Å². The molecule has 0 spiro atoms. The number of nitrogens with zero attached hydrogens (tertiary/aromatic N) is 1. The fourth-order valence-corrected chi connectivity index (χ4v) is 5.05. The molecule has 1 heterocycles. The third-order valence-electron chi connectivity index (χ3n) is 6.52. The van der Waals surface area contributed by atoms with Crippen molar-refractivity contribution >= 4 is 17.5 Å². The number of benzene rings is 3. The number of carbonyl (C=O) groups is 1. The molecule has 4 heteroatoms. The van der Waals surface area contributed by atoms with Gasteiger partial charge < -0.3 is 10.2 Å². The summed E-state index contributed by atoms with van der Waals surface area (Å²) in [5.74, 6) is 0.155. The van der Waals surface area contributed by atoms with Crippen LogP contribution in [0.1, 0.15) is 45.5 Å². The van der Waals surface area contributed by atoms with Crippen LogP contribution in [0.5, 0.6) is 0 Å². The molecular formula is C29H33ClN2O. The molecule has 1 aliphatic rings. The maximum atomic E-state index is 13.5. The van der Waals surface area contributed by atoms with Gasteiger partial charge in [0.2, 0.25) is 0 Å². The Labute approximate surface area is 202 Å². The summed E-state index contributed by atoms with van der Waals surface area (Å²) in [7, 11) is 0. The lowest BCUT2D eigenvalue weighted by molar-refractivity contribution is 0.0577. The van der Waals surface area contributed by atoms with Crippen molar-refractivity contribution in [2.45, 2.75) is 51.6 Å². The van der Waals surface area contributed by atoms with E-state index < -0.39 is 0 Å². The maximum absolute atomic E-state index is 13.5. The van der Waals surface area contributed by atoms with Gasteiger partial charge in [0.05, 0.1) is 0 Å². The molecule has 4 rings (SSSR count). The molecule has 1 fully saturated rings. The summed E-state index contributed by atoms with van der Waals surface area (Å²) in [5, 5.41) is 4.52. The molecule has 0 unspecified atom stereocenters. The predicted octanol–water partition coefficient (Wildman–Crippen LogP) is 6.01. The molecule has 3 nitrogen and oxygen atoms in total. The maximum Gasteiger partial charge on any atom is 0.254 e. The van der Waals surface area contributed by atoms with Crippen LogP contribution >= 0.6 is 11.6 Å². The topological polar surface area (TPSA) is 32.3 Å². The minimum absolute atomic E-state index is 0.155. The number of amides is 1. The lowest BCUT2D eigenvalue weighted by atomic mass is 9.91. The van der Waals surface area contributed by atoms with Crippen LogP contribution in [0.2, 0.25) is 5.02 Å². The van der Waals surface area contributed by atoms with Gasteiger partial charge in [-0.25, -0.2) is 0 Å². The number of nitrogens with one attached hydrogen (secondary N) is 1. The SMILES string of the molecule is Cc1cc(C)cc(C(=O)N2CC[C@H](NCCc3ccc(Cl)cc3)C[C@H]2Cc2ccccc2)c1. The number of likely N-dealkylation sites (tertiary alicyclic amines) is 1. The molecule has 1 saturated heterocycles. The first-order valence-corrected chi connectivity index (χ1v) is 12.3. The van der Waals surface area contributed by atoms with Crippen LogP contribution in [0.3, 0.4) is 0 Å². The monoisotopic (exact) mass is 460 g/mol. The highest BCUT2D eigenvalue weighted by atomic mass is 35.5. The number of piperidine rings is 1. The molecule has 1 aliphatic heterocycles. The van der Waals surface area contributed by atoms with Crippen molar-refractivity contribution in [2.75, 3.05) is 13.1 Å². The van der Waals surface area contributed by atoms with Gasteiger partial charge in [-0.3, -0.25) is 4.79 Å². The van der Waals surface area contributed by atoms with Crippen molar-refractivity contribution in [2.24, 2.45) is 0 Å². The van der Waals surface area contributed by atoms with E-state index in [-0.39, 0.29) is 11.9 Å². The van der Waals surface area contributed by atoms with E-state index >= 15 is 0 Å². The first-order chi connectivity index (χ1) is 16.0. The molecule has 1 N–H and O–H groups in total. The van der Waals surface area contributed by atoms with Crippen LogP contribution in [-0.2, 0) is 12.8 Å². The number of rotatable bonds is 7. The van der Waals surface area contributed by atoms with Gasteiger partial charge in [-0.2, -0.15) is 0 Å². The summed E-state index contributed by atoms with van der Waals surface area (Å²) in [4.78, 5) is 15.6. The van der Waals surface area contributed by atoms with Crippen molar-refractivity contribution in [3.63, 3.8) is 0 Å². The average molecular weight is 461 g/mol. The Kier molecular flexibility index (Phi) is 7.85. The average Bonchev–Trinajstić information content (AvgIpc) is 2.80. The Morgan fingerprint density at radius 1 is 0.970 bits per heavy atom. The summed E-state index contributed by atoms with van der Waals surface area (Å²) >= 11 is 6.00. The van der Waals surface area contributed by atoms with E-state index in [1.165, 1.54) is 11.1 Å². The number of hydrogen-bond acceptors (Lipinski definition) is 2. The molecular weight excluding hydrogens is 428 g/mol. The third kappa shape index (κ3) is 6.46. The van der Waals surface area contributed by atoms with E-state index in [0.717, 1.165) is 60.5 Å². The number of carbonyl (C=O) groups excluding carboxylic acids is 1. The second-order valence-corrected chi connectivity index (χ2v) is 9.71. The second-order valence-electron chi connectivity index (χ2n) is 9.27. The molecule has 0 bridgehead atoms. The highest BCUT2D eigenvalue weighted by molar-refractivity contribution is 6.30. The van der Waals surface area contributed by atoms with Crippen molar-refractivity contribution in [3.05, 3.63) is 106 Å². The van der Waals surface area contributed by atoms with Gasteiger partial charge in [0.1, 0.15) is 0 Å². The van der Waals surface area contributed by atoms with Gasteiger partial charge in [-0.05, 0) is 81.5 Å². The first-order valence-electron chi connectivity index (χ1n) is 11.9. The fraction of sp³-hybridized carbons (Fsp3) is 0.345. The van der Waals surface area contributed by atoms with Gasteiger partial charge in [0, 0.05) is 29.2 Å². The normalized spacial score (nSPS) is 18.3. The molecule has 0 saturated carbocycles. The highest BCUT2D eigenvalue weighted by Gasteiger charge is 2.32. The van der Waals surface area contributed by atoms with Crippen LogP contribution in [0.4, 0.5) is 0 Å². The summed E-state index contributed by atoms with van der Waals surface area (Å²) in [6.07, 6.45) is 3.80. The largest absolute Gasteiger partial charge is 0.335 e. The molecule has 3 aromatic rings. The van der Waals surface area contributed by atoms with E-state index in [2.05, 4.69) is 66.5 Å². The highest BCUT2D eigenvalue weighted by Crippen LogP contribution is 2.24. The molecule has 3 aromatic carbocycles.